The molecule has 0 spiro atoms. The summed E-state index contributed by atoms with van der Waals surface area (Å²) in [5.41, 5.74) is 0.421. The highest BCUT2D eigenvalue weighted by Gasteiger charge is 2.37. The molecule has 29 heavy (non-hydrogen) atoms. The SMILES string of the molecule is CCN1C(=O)CN(C)C(=O)c2c1sc1c2CCN(c2cc(C(F)(F)F)ncn2)C1. The number of hydrogen-bond acceptors (Lipinski definition) is 6. The summed E-state index contributed by atoms with van der Waals surface area (Å²) in [6, 6.07) is 0.935. The summed E-state index contributed by atoms with van der Waals surface area (Å²) in [4.78, 5) is 38.3. The van der Waals surface area contributed by atoms with Crippen LogP contribution in [0.5, 0.6) is 0 Å². The lowest BCUT2D eigenvalue weighted by atomic mass is 10.0. The van der Waals surface area contributed by atoms with Gasteiger partial charge in [0.25, 0.3) is 5.91 Å². The predicted octanol–water partition coefficient (Wildman–Crippen LogP) is 2.56. The van der Waals surface area contributed by atoms with E-state index in [0.717, 1.165) is 22.8 Å². The Kier molecular flexibility index (Phi) is 4.72. The van der Waals surface area contributed by atoms with Crippen molar-refractivity contribution in [2.75, 3.05) is 36.5 Å². The molecule has 2 amide bonds. The fourth-order valence-electron chi connectivity index (χ4n) is 3.65. The van der Waals surface area contributed by atoms with Gasteiger partial charge in [0, 0.05) is 31.1 Å². The van der Waals surface area contributed by atoms with E-state index in [1.807, 2.05) is 6.92 Å². The Hall–Kier alpha value is -2.69. The summed E-state index contributed by atoms with van der Waals surface area (Å²) in [5.74, 6) is -0.159. The number of fused-ring (bicyclic) bond motifs is 3. The van der Waals surface area contributed by atoms with Crippen molar-refractivity contribution < 1.29 is 22.8 Å². The van der Waals surface area contributed by atoms with E-state index in [2.05, 4.69) is 9.97 Å². The van der Waals surface area contributed by atoms with Crippen LogP contribution in [0.15, 0.2) is 12.4 Å². The van der Waals surface area contributed by atoms with Crippen LogP contribution in [0.4, 0.5) is 24.0 Å². The van der Waals surface area contributed by atoms with E-state index in [0.29, 0.717) is 36.6 Å². The summed E-state index contributed by atoms with van der Waals surface area (Å²) in [5, 5.41) is 0.623. The molecule has 0 saturated carbocycles. The number of thiophene rings is 1. The number of hydrogen-bond donors (Lipinski definition) is 0. The summed E-state index contributed by atoms with van der Waals surface area (Å²) >= 11 is 1.35. The molecule has 154 valence electrons. The van der Waals surface area contributed by atoms with Crippen LogP contribution in [0.3, 0.4) is 0 Å². The van der Waals surface area contributed by atoms with Crippen molar-refractivity contribution in [3.8, 4) is 0 Å². The number of nitrogens with zero attached hydrogens (tertiary/aromatic N) is 5. The second-order valence-corrected chi connectivity index (χ2v) is 8.00. The normalized spacial score (nSPS) is 17.3. The van der Waals surface area contributed by atoms with Crippen LogP contribution >= 0.6 is 11.3 Å². The van der Waals surface area contributed by atoms with Crippen LogP contribution in [0, 0.1) is 0 Å². The summed E-state index contributed by atoms with van der Waals surface area (Å²) in [6.45, 7) is 3.06. The van der Waals surface area contributed by atoms with Gasteiger partial charge in [0.2, 0.25) is 5.91 Å². The van der Waals surface area contributed by atoms with Gasteiger partial charge in [-0.05, 0) is 18.9 Å². The third-order valence-corrected chi connectivity index (χ3v) is 6.34. The van der Waals surface area contributed by atoms with Gasteiger partial charge in [-0.3, -0.25) is 9.59 Å². The molecule has 0 fully saturated rings. The van der Waals surface area contributed by atoms with Gasteiger partial charge in [0.15, 0.2) is 0 Å². The highest BCUT2D eigenvalue weighted by Crippen LogP contribution is 2.42. The largest absolute Gasteiger partial charge is 0.433 e. The maximum atomic E-state index is 13.0. The van der Waals surface area contributed by atoms with Crippen molar-refractivity contribution in [3.05, 3.63) is 34.1 Å². The van der Waals surface area contributed by atoms with Crippen LogP contribution in [0.25, 0.3) is 0 Å². The lowest BCUT2D eigenvalue weighted by molar-refractivity contribution is -0.141. The minimum absolute atomic E-state index is 0.0239. The maximum absolute atomic E-state index is 13.0. The van der Waals surface area contributed by atoms with E-state index in [1.54, 1.807) is 16.8 Å². The van der Waals surface area contributed by atoms with Crippen molar-refractivity contribution >= 4 is 34.0 Å². The van der Waals surface area contributed by atoms with E-state index >= 15 is 0 Å². The first-order valence-corrected chi connectivity index (χ1v) is 9.87. The fourth-order valence-corrected chi connectivity index (χ4v) is 5.09. The Labute approximate surface area is 168 Å². The molecule has 0 radical (unpaired) electrons. The molecule has 2 aliphatic heterocycles. The quantitative estimate of drug-likeness (QED) is 0.740. The Balaban J connectivity index is 1.71. The zero-order valence-corrected chi connectivity index (χ0v) is 16.6. The highest BCUT2D eigenvalue weighted by molar-refractivity contribution is 7.17. The van der Waals surface area contributed by atoms with Crippen molar-refractivity contribution in [1.82, 2.24) is 14.9 Å². The molecule has 4 heterocycles. The molecule has 7 nitrogen and oxygen atoms in total. The number of carbonyl (C=O) groups is 2. The monoisotopic (exact) mass is 425 g/mol. The van der Waals surface area contributed by atoms with Gasteiger partial charge in [-0.15, -0.1) is 11.3 Å². The minimum Gasteiger partial charge on any atom is -0.351 e. The van der Waals surface area contributed by atoms with Crippen LogP contribution in [-0.2, 0) is 23.9 Å². The van der Waals surface area contributed by atoms with E-state index in [9.17, 15) is 22.8 Å². The molecule has 0 saturated heterocycles. The Morgan fingerprint density at radius 1 is 1.21 bits per heavy atom. The Bertz CT molecular complexity index is 990. The predicted molar refractivity (Wildman–Crippen MR) is 101 cm³/mol. The molecular weight excluding hydrogens is 407 g/mol. The number of halogens is 3. The van der Waals surface area contributed by atoms with E-state index < -0.39 is 11.9 Å². The van der Waals surface area contributed by atoms with E-state index in [4.69, 9.17) is 0 Å². The third kappa shape index (κ3) is 3.33. The number of anilines is 2. The molecular formula is C18H18F3N5O2S. The summed E-state index contributed by atoms with van der Waals surface area (Å²) in [7, 11) is 1.60. The lowest BCUT2D eigenvalue weighted by Gasteiger charge is -2.28. The van der Waals surface area contributed by atoms with Crippen LogP contribution in [-0.4, -0.2) is 53.4 Å². The number of aromatic nitrogens is 2. The van der Waals surface area contributed by atoms with Gasteiger partial charge in [-0.25, -0.2) is 9.97 Å². The lowest BCUT2D eigenvalue weighted by Crippen LogP contribution is -2.37. The molecule has 0 bridgehead atoms. The first-order chi connectivity index (χ1) is 13.7. The highest BCUT2D eigenvalue weighted by atomic mass is 32.1. The molecule has 0 aromatic carbocycles. The Morgan fingerprint density at radius 3 is 2.66 bits per heavy atom. The van der Waals surface area contributed by atoms with Gasteiger partial charge >= 0.3 is 6.18 Å². The third-order valence-electron chi connectivity index (χ3n) is 5.10. The standard InChI is InChI=1S/C18H18F3N5O2S/c1-3-26-14(27)8-24(2)16(28)15-10-4-5-25(7-11(10)29-17(15)26)13-6-12(18(19,20)21)22-9-23-13/h6,9H,3-5,7-8H2,1-2H3. The number of carbonyl (C=O) groups excluding carboxylic acids is 2. The van der Waals surface area contributed by atoms with Crippen LogP contribution in [0.1, 0.15) is 33.4 Å². The topological polar surface area (TPSA) is 69.6 Å². The van der Waals surface area contributed by atoms with Crippen molar-refractivity contribution in [1.29, 1.82) is 0 Å². The molecule has 2 aromatic rings. The number of likely N-dealkylation sites (N-methyl/N-ethyl adjacent to an activating group) is 2. The van der Waals surface area contributed by atoms with Crippen molar-refractivity contribution in [2.45, 2.75) is 26.1 Å². The molecule has 2 aliphatic rings. The molecule has 4 rings (SSSR count). The second kappa shape index (κ2) is 6.97. The molecule has 0 unspecified atom stereocenters. The number of amides is 2. The fraction of sp³-hybridized carbons (Fsp3) is 0.444. The first-order valence-electron chi connectivity index (χ1n) is 9.05. The van der Waals surface area contributed by atoms with E-state index in [1.165, 1.54) is 16.2 Å². The minimum atomic E-state index is -4.54. The zero-order valence-electron chi connectivity index (χ0n) is 15.8. The van der Waals surface area contributed by atoms with Gasteiger partial charge in [-0.2, -0.15) is 13.2 Å². The smallest absolute Gasteiger partial charge is 0.351 e. The zero-order chi connectivity index (χ0) is 20.9. The molecule has 2 aromatic heterocycles. The number of alkyl halides is 3. The average Bonchev–Trinajstić information content (AvgIpc) is 3.01. The van der Waals surface area contributed by atoms with Gasteiger partial charge in [-0.1, -0.05) is 0 Å². The number of rotatable bonds is 2. The Morgan fingerprint density at radius 2 is 1.97 bits per heavy atom. The average molecular weight is 425 g/mol. The van der Waals surface area contributed by atoms with Gasteiger partial charge in [0.05, 0.1) is 12.1 Å². The molecule has 0 N–H and O–H groups in total. The maximum Gasteiger partial charge on any atom is 0.433 e. The van der Waals surface area contributed by atoms with Crippen LogP contribution in [0.2, 0.25) is 0 Å². The summed E-state index contributed by atoms with van der Waals surface area (Å²) < 4.78 is 38.9. The summed E-state index contributed by atoms with van der Waals surface area (Å²) in [6.07, 6.45) is -3.15. The molecule has 0 aliphatic carbocycles. The van der Waals surface area contributed by atoms with Gasteiger partial charge < -0.3 is 14.7 Å². The molecule has 0 atom stereocenters. The van der Waals surface area contributed by atoms with Crippen LogP contribution < -0.4 is 9.80 Å². The van der Waals surface area contributed by atoms with Crippen molar-refractivity contribution in [2.24, 2.45) is 0 Å². The first kappa shape index (κ1) is 19.6. The molecule has 11 heteroatoms. The van der Waals surface area contributed by atoms with Gasteiger partial charge in [0.1, 0.15) is 29.4 Å². The van der Waals surface area contributed by atoms with E-state index in [-0.39, 0.29) is 24.2 Å². The van der Waals surface area contributed by atoms with Crippen molar-refractivity contribution in [3.63, 3.8) is 0 Å². The second-order valence-electron chi connectivity index (χ2n) is 6.91.